The van der Waals surface area contributed by atoms with E-state index in [-0.39, 0.29) is 6.42 Å². The molecule has 1 aromatic carbocycles. The first kappa shape index (κ1) is 13.1. The van der Waals surface area contributed by atoms with Gasteiger partial charge in [0, 0.05) is 0 Å². The molecule has 0 saturated carbocycles. The normalized spacial score (nSPS) is 13.2. The molecule has 0 amide bonds. The molecule has 3 heteroatoms. The fraction of sp³-hybridized carbons (Fsp3) is 0.429. The van der Waals surface area contributed by atoms with Crippen LogP contribution < -0.4 is 4.74 Å². The first-order valence-corrected chi connectivity index (χ1v) is 5.68. The summed E-state index contributed by atoms with van der Waals surface area (Å²) in [6, 6.07) is 11.6. The van der Waals surface area contributed by atoms with Crippen molar-refractivity contribution in [1.82, 2.24) is 0 Å². The molecule has 0 bridgehead atoms. The highest BCUT2D eigenvalue weighted by molar-refractivity contribution is 5.36. The van der Waals surface area contributed by atoms with Gasteiger partial charge in [-0.3, -0.25) is 0 Å². The van der Waals surface area contributed by atoms with E-state index in [1.54, 1.807) is 6.92 Å². The van der Waals surface area contributed by atoms with Crippen LogP contribution in [0, 0.1) is 22.7 Å². The van der Waals surface area contributed by atoms with Gasteiger partial charge in [0.25, 0.3) is 0 Å². The van der Waals surface area contributed by atoms with Gasteiger partial charge in [-0.05, 0) is 31.0 Å². The highest BCUT2D eigenvalue weighted by Gasteiger charge is 2.26. The molecular weight excluding hydrogens is 212 g/mol. The maximum Gasteiger partial charge on any atom is 0.119 e. The fourth-order valence-corrected chi connectivity index (χ4v) is 1.50. The number of rotatable bonds is 5. The standard InChI is InChI=1S/C14H16N2O/c1-3-10-17-13-6-4-12(5-7-13)14(2,11-16)8-9-15/h4-7H,3,8,10H2,1-2H3. The lowest BCUT2D eigenvalue weighted by atomic mass is 9.81. The molecule has 0 saturated heterocycles. The molecule has 88 valence electrons. The van der Waals surface area contributed by atoms with Crippen molar-refractivity contribution < 1.29 is 4.74 Å². The molecule has 3 nitrogen and oxygen atoms in total. The third-order valence-electron chi connectivity index (χ3n) is 2.64. The van der Waals surface area contributed by atoms with Crippen LogP contribution in [-0.4, -0.2) is 6.61 Å². The zero-order valence-corrected chi connectivity index (χ0v) is 10.2. The van der Waals surface area contributed by atoms with Crippen molar-refractivity contribution in [3.63, 3.8) is 0 Å². The van der Waals surface area contributed by atoms with Crippen molar-refractivity contribution in [3.8, 4) is 17.9 Å². The molecule has 0 spiro atoms. The second-order valence-electron chi connectivity index (χ2n) is 4.15. The highest BCUT2D eigenvalue weighted by atomic mass is 16.5. The second kappa shape index (κ2) is 5.92. The Balaban J connectivity index is 2.87. The highest BCUT2D eigenvalue weighted by Crippen LogP contribution is 2.28. The Morgan fingerprint density at radius 1 is 1.24 bits per heavy atom. The van der Waals surface area contributed by atoms with Crippen molar-refractivity contribution in [2.45, 2.75) is 32.1 Å². The summed E-state index contributed by atoms with van der Waals surface area (Å²) >= 11 is 0. The zero-order valence-electron chi connectivity index (χ0n) is 10.2. The largest absolute Gasteiger partial charge is 0.494 e. The average Bonchev–Trinajstić information content (AvgIpc) is 2.37. The number of nitriles is 2. The van der Waals surface area contributed by atoms with Gasteiger partial charge in [0.1, 0.15) is 5.75 Å². The molecule has 1 unspecified atom stereocenters. The van der Waals surface area contributed by atoms with E-state index in [0.29, 0.717) is 6.61 Å². The van der Waals surface area contributed by atoms with Crippen LogP contribution in [0.4, 0.5) is 0 Å². The van der Waals surface area contributed by atoms with Gasteiger partial charge in [-0.1, -0.05) is 19.1 Å². The average molecular weight is 228 g/mol. The molecular formula is C14H16N2O. The quantitative estimate of drug-likeness (QED) is 0.777. The summed E-state index contributed by atoms with van der Waals surface area (Å²) in [5.74, 6) is 0.799. The first-order valence-electron chi connectivity index (χ1n) is 5.68. The number of hydrogen-bond donors (Lipinski definition) is 0. The minimum absolute atomic E-state index is 0.193. The van der Waals surface area contributed by atoms with Crippen molar-refractivity contribution in [2.24, 2.45) is 0 Å². The summed E-state index contributed by atoms with van der Waals surface area (Å²) < 4.78 is 5.47. The van der Waals surface area contributed by atoms with Crippen LogP contribution in [0.25, 0.3) is 0 Å². The van der Waals surface area contributed by atoms with Crippen LogP contribution in [-0.2, 0) is 5.41 Å². The van der Waals surface area contributed by atoms with Gasteiger partial charge in [0.15, 0.2) is 0 Å². The van der Waals surface area contributed by atoms with E-state index in [0.717, 1.165) is 17.7 Å². The third-order valence-corrected chi connectivity index (χ3v) is 2.64. The minimum atomic E-state index is -0.738. The van der Waals surface area contributed by atoms with E-state index in [4.69, 9.17) is 15.3 Å². The smallest absolute Gasteiger partial charge is 0.119 e. The maximum absolute atomic E-state index is 9.15. The molecule has 0 N–H and O–H groups in total. The third kappa shape index (κ3) is 3.23. The van der Waals surface area contributed by atoms with Gasteiger partial charge in [-0.15, -0.1) is 0 Å². The topological polar surface area (TPSA) is 56.8 Å². The SMILES string of the molecule is CCCOc1ccc(C(C)(C#N)CC#N)cc1. The van der Waals surface area contributed by atoms with Crippen molar-refractivity contribution >= 4 is 0 Å². The van der Waals surface area contributed by atoms with Crippen LogP contribution in [0.15, 0.2) is 24.3 Å². The van der Waals surface area contributed by atoms with Crippen LogP contribution in [0.5, 0.6) is 5.75 Å². The summed E-state index contributed by atoms with van der Waals surface area (Å²) in [6.07, 6.45) is 1.16. The molecule has 1 atom stereocenters. The van der Waals surface area contributed by atoms with E-state index >= 15 is 0 Å². The number of ether oxygens (including phenoxy) is 1. The number of nitrogens with zero attached hydrogens (tertiary/aromatic N) is 2. The van der Waals surface area contributed by atoms with Gasteiger partial charge < -0.3 is 4.74 Å². The van der Waals surface area contributed by atoms with Crippen LogP contribution >= 0.6 is 0 Å². The number of benzene rings is 1. The van der Waals surface area contributed by atoms with Gasteiger partial charge >= 0.3 is 0 Å². The first-order chi connectivity index (χ1) is 8.16. The van der Waals surface area contributed by atoms with E-state index < -0.39 is 5.41 Å². The minimum Gasteiger partial charge on any atom is -0.494 e. The van der Waals surface area contributed by atoms with E-state index in [2.05, 4.69) is 12.1 Å². The molecule has 0 fully saturated rings. The zero-order chi connectivity index (χ0) is 12.7. The lowest BCUT2D eigenvalue weighted by Crippen LogP contribution is -2.18. The predicted molar refractivity (Wildman–Crippen MR) is 65.4 cm³/mol. The molecule has 0 radical (unpaired) electrons. The maximum atomic E-state index is 9.15. The van der Waals surface area contributed by atoms with Crippen molar-refractivity contribution in [2.75, 3.05) is 6.61 Å². The lowest BCUT2D eigenvalue weighted by Gasteiger charge is -2.18. The molecule has 17 heavy (non-hydrogen) atoms. The molecule has 0 aromatic heterocycles. The van der Waals surface area contributed by atoms with Crippen molar-refractivity contribution in [3.05, 3.63) is 29.8 Å². The van der Waals surface area contributed by atoms with Crippen LogP contribution in [0.2, 0.25) is 0 Å². The monoisotopic (exact) mass is 228 g/mol. The van der Waals surface area contributed by atoms with Gasteiger partial charge in [0.05, 0.1) is 30.6 Å². The van der Waals surface area contributed by atoms with Gasteiger partial charge in [-0.25, -0.2) is 0 Å². The number of hydrogen-bond acceptors (Lipinski definition) is 3. The Hall–Kier alpha value is -2.00. The second-order valence-corrected chi connectivity index (χ2v) is 4.15. The summed E-state index contributed by atoms with van der Waals surface area (Å²) in [4.78, 5) is 0. The Kier molecular flexibility index (Phi) is 4.55. The van der Waals surface area contributed by atoms with Crippen molar-refractivity contribution in [1.29, 1.82) is 10.5 Å². The molecule has 0 aliphatic rings. The van der Waals surface area contributed by atoms with Crippen LogP contribution in [0.1, 0.15) is 32.3 Å². The fourth-order valence-electron chi connectivity index (χ4n) is 1.50. The summed E-state index contributed by atoms with van der Waals surface area (Å²) in [7, 11) is 0. The predicted octanol–water partition coefficient (Wildman–Crippen LogP) is 3.17. The molecule has 0 aliphatic heterocycles. The Morgan fingerprint density at radius 2 is 1.88 bits per heavy atom. The molecule has 0 aliphatic carbocycles. The van der Waals surface area contributed by atoms with E-state index in [9.17, 15) is 0 Å². The molecule has 1 rings (SSSR count). The van der Waals surface area contributed by atoms with E-state index in [1.807, 2.05) is 31.2 Å². The molecule has 0 heterocycles. The summed E-state index contributed by atoms with van der Waals surface area (Å²) in [5.41, 5.74) is 0.114. The molecule has 1 aromatic rings. The lowest BCUT2D eigenvalue weighted by molar-refractivity contribution is 0.317. The van der Waals surface area contributed by atoms with Gasteiger partial charge in [-0.2, -0.15) is 10.5 Å². The Bertz CT molecular complexity index is 439. The Morgan fingerprint density at radius 3 is 2.35 bits per heavy atom. The van der Waals surface area contributed by atoms with Gasteiger partial charge in [0.2, 0.25) is 0 Å². The summed E-state index contributed by atoms with van der Waals surface area (Å²) in [5, 5.41) is 17.9. The summed E-state index contributed by atoms with van der Waals surface area (Å²) in [6.45, 7) is 4.51. The van der Waals surface area contributed by atoms with E-state index in [1.165, 1.54) is 0 Å². The Labute approximate surface area is 102 Å². The van der Waals surface area contributed by atoms with Crippen LogP contribution in [0.3, 0.4) is 0 Å².